The minimum Gasteiger partial charge on any atom is -0.468 e. The van der Waals surface area contributed by atoms with Gasteiger partial charge in [-0.05, 0) is 56.1 Å². The van der Waals surface area contributed by atoms with Gasteiger partial charge in [0.1, 0.15) is 11.6 Å². The molecule has 1 unspecified atom stereocenters. The standard InChI is InChI=1S/C20H27FN4O/c1-22-20(23-11-10-16-7-2-3-8-17(16)21)24-15-18(19-9-6-14-26-19)25-12-4-5-13-25/h2-3,6-9,14,18H,4-5,10-13,15H2,1H3,(H2,22,23,24). The fourth-order valence-corrected chi connectivity index (χ4v) is 3.37. The van der Waals surface area contributed by atoms with Crippen molar-refractivity contribution in [1.29, 1.82) is 0 Å². The summed E-state index contributed by atoms with van der Waals surface area (Å²) in [4.78, 5) is 6.72. The second-order valence-corrected chi connectivity index (χ2v) is 6.50. The molecule has 140 valence electrons. The van der Waals surface area contributed by atoms with Gasteiger partial charge in [0.15, 0.2) is 5.96 Å². The van der Waals surface area contributed by atoms with Crippen LogP contribution >= 0.6 is 0 Å². The fourth-order valence-electron chi connectivity index (χ4n) is 3.37. The summed E-state index contributed by atoms with van der Waals surface area (Å²) in [5, 5.41) is 6.64. The number of nitrogens with one attached hydrogen (secondary N) is 2. The van der Waals surface area contributed by atoms with E-state index in [1.54, 1.807) is 19.4 Å². The van der Waals surface area contributed by atoms with Gasteiger partial charge in [0.05, 0.1) is 12.3 Å². The lowest BCUT2D eigenvalue weighted by atomic mass is 10.1. The van der Waals surface area contributed by atoms with Crippen LogP contribution in [0.4, 0.5) is 4.39 Å². The van der Waals surface area contributed by atoms with Crippen LogP contribution in [0.25, 0.3) is 0 Å². The van der Waals surface area contributed by atoms with Gasteiger partial charge in [-0.1, -0.05) is 18.2 Å². The molecule has 0 saturated carbocycles. The van der Waals surface area contributed by atoms with Crippen molar-refractivity contribution in [2.24, 2.45) is 4.99 Å². The summed E-state index contributed by atoms with van der Waals surface area (Å²) < 4.78 is 19.3. The van der Waals surface area contributed by atoms with Crippen LogP contribution in [-0.2, 0) is 6.42 Å². The van der Waals surface area contributed by atoms with E-state index in [2.05, 4.69) is 20.5 Å². The number of guanidine groups is 1. The number of benzene rings is 1. The van der Waals surface area contributed by atoms with Crippen LogP contribution in [0, 0.1) is 5.82 Å². The first kappa shape index (κ1) is 18.5. The Kier molecular flexibility index (Phi) is 6.66. The molecule has 1 aromatic carbocycles. The largest absolute Gasteiger partial charge is 0.468 e. The van der Waals surface area contributed by atoms with Crippen LogP contribution in [0.3, 0.4) is 0 Å². The zero-order chi connectivity index (χ0) is 18.2. The monoisotopic (exact) mass is 358 g/mol. The topological polar surface area (TPSA) is 52.8 Å². The van der Waals surface area contributed by atoms with Crippen molar-refractivity contribution in [3.05, 3.63) is 59.8 Å². The number of likely N-dealkylation sites (tertiary alicyclic amines) is 1. The smallest absolute Gasteiger partial charge is 0.191 e. The Labute approximate surface area is 154 Å². The van der Waals surface area contributed by atoms with E-state index < -0.39 is 0 Å². The lowest BCUT2D eigenvalue weighted by Gasteiger charge is -2.26. The number of halogens is 1. The maximum Gasteiger partial charge on any atom is 0.191 e. The SMILES string of the molecule is CN=C(NCCc1ccccc1F)NCC(c1ccco1)N1CCCC1. The first-order valence-electron chi connectivity index (χ1n) is 9.23. The predicted octanol–water partition coefficient (Wildman–Crippen LogP) is 2.96. The molecular weight excluding hydrogens is 331 g/mol. The molecule has 0 bridgehead atoms. The van der Waals surface area contributed by atoms with Crippen molar-refractivity contribution in [3.63, 3.8) is 0 Å². The van der Waals surface area contributed by atoms with Gasteiger partial charge in [0, 0.05) is 20.1 Å². The van der Waals surface area contributed by atoms with Gasteiger partial charge in [0.2, 0.25) is 0 Å². The summed E-state index contributed by atoms with van der Waals surface area (Å²) in [7, 11) is 1.75. The highest BCUT2D eigenvalue weighted by atomic mass is 19.1. The molecule has 1 fully saturated rings. The molecule has 1 atom stereocenters. The van der Waals surface area contributed by atoms with Crippen molar-refractivity contribution in [2.45, 2.75) is 25.3 Å². The van der Waals surface area contributed by atoms with Gasteiger partial charge in [-0.25, -0.2) is 4.39 Å². The van der Waals surface area contributed by atoms with Crippen LogP contribution in [0.1, 0.15) is 30.2 Å². The third-order valence-electron chi connectivity index (χ3n) is 4.78. The Hall–Kier alpha value is -2.34. The molecule has 0 spiro atoms. The number of furan rings is 1. The van der Waals surface area contributed by atoms with Crippen LogP contribution in [-0.4, -0.2) is 44.1 Å². The van der Waals surface area contributed by atoms with Crippen molar-refractivity contribution < 1.29 is 8.81 Å². The molecule has 1 saturated heterocycles. The van der Waals surface area contributed by atoms with E-state index in [0.717, 1.165) is 24.8 Å². The molecule has 0 amide bonds. The second-order valence-electron chi connectivity index (χ2n) is 6.50. The van der Waals surface area contributed by atoms with Gasteiger partial charge in [-0.15, -0.1) is 0 Å². The van der Waals surface area contributed by atoms with E-state index in [0.29, 0.717) is 25.1 Å². The minimum atomic E-state index is -0.163. The van der Waals surface area contributed by atoms with Crippen LogP contribution in [0.15, 0.2) is 52.1 Å². The normalized spacial score (nSPS) is 16.6. The lowest BCUT2D eigenvalue weighted by Crippen LogP contribution is -2.43. The number of nitrogens with zero attached hydrogens (tertiary/aromatic N) is 2. The van der Waals surface area contributed by atoms with Gasteiger partial charge in [0.25, 0.3) is 0 Å². The molecule has 3 rings (SSSR count). The average Bonchev–Trinajstić information content (AvgIpc) is 3.36. The summed E-state index contributed by atoms with van der Waals surface area (Å²) in [6, 6.07) is 11.0. The first-order valence-corrected chi connectivity index (χ1v) is 9.23. The molecule has 5 nitrogen and oxygen atoms in total. The van der Waals surface area contributed by atoms with E-state index in [1.165, 1.54) is 18.9 Å². The Morgan fingerprint density at radius 1 is 1.19 bits per heavy atom. The molecule has 0 aliphatic carbocycles. The third-order valence-corrected chi connectivity index (χ3v) is 4.78. The Bertz CT molecular complexity index is 696. The van der Waals surface area contributed by atoms with Crippen molar-refractivity contribution in [3.8, 4) is 0 Å². The number of rotatable bonds is 7. The fraction of sp³-hybridized carbons (Fsp3) is 0.450. The van der Waals surface area contributed by atoms with Crippen LogP contribution in [0.2, 0.25) is 0 Å². The third kappa shape index (κ3) is 4.85. The zero-order valence-corrected chi connectivity index (χ0v) is 15.2. The van der Waals surface area contributed by atoms with Gasteiger partial charge in [-0.3, -0.25) is 9.89 Å². The van der Waals surface area contributed by atoms with E-state index in [4.69, 9.17) is 4.42 Å². The highest BCUT2D eigenvalue weighted by Crippen LogP contribution is 2.24. The van der Waals surface area contributed by atoms with Crippen LogP contribution in [0.5, 0.6) is 0 Å². The summed E-state index contributed by atoms with van der Waals surface area (Å²) in [5.74, 6) is 1.53. The predicted molar refractivity (Wildman–Crippen MR) is 102 cm³/mol. The molecule has 1 aliphatic heterocycles. The van der Waals surface area contributed by atoms with Gasteiger partial charge < -0.3 is 15.1 Å². The van der Waals surface area contributed by atoms with Crippen molar-refractivity contribution in [1.82, 2.24) is 15.5 Å². The van der Waals surface area contributed by atoms with Crippen molar-refractivity contribution in [2.75, 3.05) is 33.2 Å². The Balaban J connectivity index is 1.51. The Morgan fingerprint density at radius 3 is 2.69 bits per heavy atom. The highest BCUT2D eigenvalue weighted by molar-refractivity contribution is 5.79. The number of hydrogen-bond acceptors (Lipinski definition) is 3. The molecular formula is C20H27FN4O. The molecule has 0 radical (unpaired) electrons. The molecule has 6 heteroatoms. The first-order chi connectivity index (χ1) is 12.8. The molecule has 1 aromatic heterocycles. The molecule has 2 aromatic rings. The van der Waals surface area contributed by atoms with Crippen LogP contribution < -0.4 is 10.6 Å². The van der Waals surface area contributed by atoms with Gasteiger partial charge in [-0.2, -0.15) is 0 Å². The summed E-state index contributed by atoms with van der Waals surface area (Å²) >= 11 is 0. The second kappa shape index (κ2) is 9.38. The van der Waals surface area contributed by atoms with E-state index in [-0.39, 0.29) is 11.9 Å². The maximum absolute atomic E-state index is 13.7. The Morgan fingerprint density at radius 2 is 2.00 bits per heavy atom. The van der Waals surface area contributed by atoms with Crippen molar-refractivity contribution >= 4 is 5.96 Å². The van der Waals surface area contributed by atoms with Gasteiger partial charge >= 0.3 is 0 Å². The summed E-state index contributed by atoms with van der Waals surface area (Å²) in [5.41, 5.74) is 0.709. The molecule has 1 aliphatic rings. The zero-order valence-electron chi connectivity index (χ0n) is 15.2. The summed E-state index contributed by atoms with van der Waals surface area (Å²) in [6.07, 6.45) is 4.79. The number of hydrogen-bond donors (Lipinski definition) is 2. The summed E-state index contributed by atoms with van der Waals surface area (Å²) in [6.45, 7) is 3.52. The number of aliphatic imine (C=N–C) groups is 1. The van der Waals surface area contributed by atoms with E-state index >= 15 is 0 Å². The highest BCUT2D eigenvalue weighted by Gasteiger charge is 2.25. The van der Waals surface area contributed by atoms with E-state index in [1.807, 2.05) is 24.3 Å². The lowest BCUT2D eigenvalue weighted by molar-refractivity contribution is 0.215. The average molecular weight is 358 g/mol. The van der Waals surface area contributed by atoms with E-state index in [9.17, 15) is 4.39 Å². The minimum absolute atomic E-state index is 0.163. The molecule has 2 N–H and O–H groups in total. The molecule has 26 heavy (non-hydrogen) atoms. The maximum atomic E-state index is 13.7. The quantitative estimate of drug-likeness (QED) is 0.590. The molecule has 2 heterocycles.